The highest BCUT2D eigenvalue weighted by Gasteiger charge is 2.40. The first-order valence-electron chi connectivity index (χ1n) is 6.89. The number of halogens is 3. The number of rotatable bonds is 2. The molecule has 0 saturated carbocycles. The molecule has 10 heteroatoms. The van der Waals surface area contributed by atoms with E-state index < -0.39 is 48.3 Å². The maximum Gasteiger partial charge on any atom is 0.409 e. The molecular weight excluding hydrogens is 333 g/mol. The van der Waals surface area contributed by atoms with E-state index in [1.165, 1.54) is 0 Å². The van der Waals surface area contributed by atoms with E-state index in [1.54, 1.807) is 0 Å². The van der Waals surface area contributed by atoms with Crippen molar-refractivity contribution in [1.29, 1.82) is 0 Å². The van der Waals surface area contributed by atoms with Crippen LogP contribution < -0.4 is 0 Å². The second-order valence-electron chi connectivity index (χ2n) is 5.22. The number of carbonyl (C=O) groups excluding carboxylic acids is 1. The quantitative estimate of drug-likeness (QED) is 0.792. The molecule has 0 bridgehead atoms. The predicted molar refractivity (Wildman–Crippen MR) is 73.8 cm³/mol. The Labute approximate surface area is 134 Å². The van der Waals surface area contributed by atoms with Crippen molar-refractivity contribution in [3.63, 3.8) is 0 Å². The third kappa shape index (κ3) is 3.23. The van der Waals surface area contributed by atoms with Gasteiger partial charge >= 0.3 is 12.2 Å². The van der Waals surface area contributed by atoms with E-state index in [9.17, 15) is 33.0 Å². The summed E-state index contributed by atoms with van der Waals surface area (Å²) in [6.07, 6.45) is -2.24. The van der Waals surface area contributed by atoms with E-state index in [0.717, 1.165) is 16.9 Å². The third-order valence-electron chi connectivity index (χ3n) is 3.81. The van der Waals surface area contributed by atoms with Crippen molar-refractivity contribution in [3.05, 3.63) is 35.1 Å². The van der Waals surface area contributed by atoms with Gasteiger partial charge in [0.1, 0.15) is 0 Å². The lowest BCUT2D eigenvalue weighted by atomic mass is 9.99. The number of carboxylic acid groups (broad SMARTS) is 1. The van der Waals surface area contributed by atoms with Gasteiger partial charge in [-0.3, -0.25) is 4.90 Å². The summed E-state index contributed by atoms with van der Waals surface area (Å²) >= 11 is 0. The van der Waals surface area contributed by atoms with Gasteiger partial charge in [0.05, 0.1) is 25.8 Å². The van der Waals surface area contributed by atoms with Gasteiger partial charge in [0, 0.05) is 13.1 Å². The smallest absolute Gasteiger partial charge is 0.409 e. The Morgan fingerprint density at radius 2 is 1.83 bits per heavy atom. The average molecular weight is 348 g/mol. The molecule has 1 aromatic rings. The number of piperazine rings is 1. The fourth-order valence-corrected chi connectivity index (χ4v) is 2.71. The molecule has 2 amide bonds. The highest BCUT2D eigenvalue weighted by molar-refractivity contribution is 5.70. The van der Waals surface area contributed by atoms with Gasteiger partial charge in [-0.2, -0.15) is 0 Å². The molecule has 132 valence electrons. The number of nitrogens with zero attached hydrogens (tertiary/aromatic N) is 2. The third-order valence-corrected chi connectivity index (χ3v) is 3.81. The van der Waals surface area contributed by atoms with Crippen molar-refractivity contribution >= 4 is 12.2 Å². The Hall–Kier alpha value is -2.49. The molecule has 2 atom stereocenters. The zero-order valence-corrected chi connectivity index (χ0v) is 12.6. The number of aliphatic hydroxyl groups is 1. The summed E-state index contributed by atoms with van der Waals surface area (Å²) in [5, 5.41) is 18.8. The molecular formula is C14H15F3N2O5. The normalized spacial score (nSPS) is 20.9. The molecule has 0 spiro atoms. The van der Waals surface area contributed by atoms with Crippen molar-refractivity contribution in [2.24, 2.45) is 0 Å². The number of carbonyl (C=O) groups is 2. The van der Waals surface area contributed by atoms with Crippen LogP contribution in [0.1, 0.15) is 11.6 Å². The second-order valence-corrected chi connectivity index (χ2v) is 5.22. The predicted octanol–water partition coefficient (Wildman–Crippen LogP) is 1.57. The molecule has 0 aliphatic carbocycles. The van der Waals surface area contributed by atoms with E-state index >= 15 is 0 Å². The number of hydrogen-bond donors (Lipinski definition) is 2. The van der Waals surface area contributed by atoms with Gasteiger partial charge in [-0.1, -0.05) is 0 Å². The van der Waals surface area contributed by atoms with Gasteiger partial charge in [-0.05, 0) is 17.7 Å². The second kappa shape index (κ2) is 6.95. The van der Waals surface area contributed by atoms with E-state index in [-0.39, 0.29) is 18.7 Å². The molecule has 1 aromatic carbocycles. The molecule has 2 rings (SSSR count). The summed E-state index contributed by atoms with van der Waals surface area (Å²) in [7, 11) is 1.12. The minimum atomic E-state index is -1.68. The molecule has 1 aliphatic rings. The summed E-state index contributed by atoms with van der Waals surface area (Å²) in [4.78, 5) is 25.1. The Morgan fingerprint density at radius 3 is 2.29 bits per heavy atom. The number of benzene rings is 1. The summed E-state index contributed by atoms with van der Waals surface area (Å²) in [6, 6.07) is -0.906. The number of hydrogen-bond acceptors (Lipinski definition) is 4. The van der Waals surface area contributed by atoms with E-state index in [1.807, 2.05) is 0 Å². The standard InChI is InChI=1S/C14H15F3N2O5/c1-24-14(23)18-4-8(6-20)19(13(21)22)11(5-18)7-2-9(15)12(17)10(16)3-7/h2-3,8,11,20H,4-6H2,1H3,(H,21,22). The lowest BCUT2D eigenvalue weighted by Gasteiger charge is -2.44. The first-order valence-corrected chi connectivity index (χ1v) is 6.89. The van der Waals surface area contributed by atoms with Crippen LogP contribution in [0.2, 0.25) is 0 Å². The Bertz CT molecular complexity index is 634. The number of amides is 2. The summed E-state index contributed by atoms with van der Waals surface area (Å²) in [6.45, 7) is -1.04. The van der Waals surface area contributed by atoms with Gasteiger partial charge in [-0.15, -0.1) is 0 Å². The summed E-state index contributed by atoms with van der Waals surface area (Å²) < 4.78 is 44.7. The van der Waals surface area contributed by atoms with Crippen LogP contribution in [-0.4, -0.2) is 65.0 Å². The van der Waals surface area contributed by atoms with Gasteiger partial charge in [0.25, 0.3) is 0 Å². The highest BCUT2D eigenvalue weighted by Crippen LogP contribution is 2.31. The fraction of sp³-hybridized carbons (Fsp3) is 0.429. The molecule has 2 unspecified atom stereocenters. The van der Waals surface area contributed by atoms with E-state index in [2.05, 4.69) is 4.74 Å². The fourth-order valence-electron chi connectivity index (χ4n) is 2.71. The SMILES string of the molecule is COC(=O)N1CC(CO)N(C(=O)O)C(c2cc(F)c(F)c(F)c2)C1. The molecule has 1 aliphatic heterocycles. The minimum Gasteiger partial charge on any atom is -0.465 e. The zero-order valence-electron chi connectivity index (χ0n) is 12.6. The average Bonchev–Trinajstić information content (AvgIpc) is 2.56. The highest BCUT2D eigenvalue weighted by atomic mass is 19.2. The van der Waals surface area contributed by atoms with E-state index in [4.69, 9.17) is 0 Å². The number of ether oxygens (including phenoxy) is 1. The van der Waals surface area contributed by atoms with Gasteiger partial charge in [0.15, 0.2) is 17.5 Å². The lowest BCUT2D eigenvalue weighted by molar-refractivity contribution is 0.00595. The molecule has 1 saturated heterocycles. The molecule has 24 heavy (non-hydrogen) atoms. The largest absolute Gasteiger partial charge is 0.465 e. The van der Waals surface area contributed by atoms with Gasteiger partial charge in [-0.25, -0.2) is 22.8 Å². The van der Waals surface area contributed by atoms with Crippen LogP contribution in [-0.2, 0) is 4.74 Å². The molecule has 0 aromatic heterocycles. The monoisotopic (exact) mass is 348 g/mol. The van der Waals surface area contributed by atoms with Crippen LogP contribution >= 0.6 is 0 Å². The Balaban J connectivity index is 2.48. The number of methoxy groups -OCH3 is 1. The summed E-state index contributed by atoms with van der Waals surface area (Å²) in [5.41, 5.74) is -0.180. The van der Waals surface area contributed by atoms with Crippen LogP contribution in [0.4, 0.5) is 22.8 Å². The maximum absolute atomic E-state index is 13.5. The molecule has 0 radical (unpaired) electrons. The Kier molecular flexibility index (Phi) is 5.17. The van der Waals surface area contributed by atoms with Crippen LogP contribution in [0.5, 0.6) is 0 Å². The topological polar surface area (TPSA) is 90.3 Å². The minimum absolute atomic E-state index is 0.155. The van der Waals surface area contributed by atoms with Crippen molar-refractivity contribution < 1.29 is 37.7 Å². The van der Waals surface area contributed by atoms with Crippen molar-refractivity contribution in [3.8, 4) is 0 Å². The van der Waals surface area contributed by atoms with Crippen LogP contribution in [0.15, 0.2) is 12.1 Å². The van der Waals surface area contributed by atoms with Crippen LogP contribution in [0.3, 0.4) is 0 Å². The molecule has 7 nitrogen and oxygen atoms in total. The molecule has 2 N–H and O–H groups in total. The zero-order chi connectivity index (χ0) is 18.0. The first-order chi connectivity index (χ1) is 11.3. The van der Waals surface area contributed by atoms with Crippen LogP contribution in [0, 0.1) is 17.5 Å². The van der Waals surface area contributed by atoms with Crippen molar-refractivity contribution in [1.82, 2.24) is 9.80 Å². The number of aliphatic hydroxyl groups excluding tert-OH is 1. The first kappa shape index (κ1) is 17.9. The van der Waals surface area contributed by atoms with E-state index in [0.29, 0.717) is 12.1 Å². The molecule has 1 heterocycles. The lowest BCUT2D eigenvalue weighted by Crippen LogP contribution is -2.58. The van der Waals surface area contributed by atoms with Crippen LogP contribution in [0.25, 0.3) is 0 Å². The molecule has 1 fully saturated rings. The Morgan fingerprint density at radius 1 is 1.25 bits per heavy atom. The van der Waals surface area contributed by atoms with Gasteiger partial charge < -0.3 is 19.8 Å². The maximum atomic E-state index is 13.5. The van der Waals surface area contributed by atoms with Gasteiger partial charge in [0.2, 0.25) is 0 Å². The van der Waals surface area contributed by atoms with Crippen molar-refractivity contribution in [2.75, 3.05) is 26.8 Å². The summed E-state index contributed by atoms with van der Waals surface area (Å²) in [5.74, 6) is -4.64. The van der Waals surface area contributed by atoms with Crippen molar-refractivity contribution in [2.45, 2.75) is 12.1 Å².